The molecular formula is C15H21N3O2S. The summed E-state index contributed by atoms with van der Waals surface area (Å²) in [6, 6.07) is 8.01. The fourth-order valence-corrected chi connectivity index (χ4v) is 3.21. The van der Waals surface area contributed by atoms with Crippen LogP contribution in [0.15, 0.2) is 24.3 Å². The zero-order valence-corrected chi connectivity index (χ0v) is 13.1. The van der Waals surface area contributed by atoms with Gasteiger partial charge < -0.3 is 5.73 Å². The van der Waals surface area contributed by atoms with E-state index in [0.717, 1.165) is 30.8 Å². The molecular weight excluding hydrogens is 286 g/mol. The molecule has 1 aliphatic heterocycles. The summed E-state index contributed by atoms with van der Waals surface area (Å²) in [5.74, 6) is 5.97. The molecule has 21 heavy (non-hydrogen) atoms. The second-order valence-corrected chi connectivity index (χ2v) is 7.08. The van der Waals surface area contributed by atoms with Crippen LogP contribution >= 0.6 is 0 Å². The van der Waals surface area contributed by atoms with E-state index in [4.69, 9.17) is 5.73 Å². The van der Waals surface area contributed by atoms with Crippen LogP contribution in [0.2, 0.25) is 0 Å². The molecule has 0 saturated carbocycles. The molecule has 0 atom stereocenters. The SMILES string of the molecule is CS(=O)(=O)N1CCN(Cc2ccccc2C#CCN)CC1. The molecule has 1 saturated heterocycles. The molecule has 0 bridgehead atoms. The van der Waals surface area contributed by atoms with E-state index in [2.05, 4.69) is 22.8 Å². The van der Waals surface area contributed by atoms with Crippen molar-refractivity contribution >= 4 is 10.0 Å². The van der Waals surface area contributed by atoms with Crippen LogP contribution in [0.4, 0.5) is 0 Å². The van der Waals surface area contributed by atoms with Crippen molar-refractivity contribution in [1.29, 1.82) is 0 Å². The molecule has 1 aromatic carbocycles. The predicted octanol–water partition coefficient (Wildman–Crippen LogP) is 0.0740. The summed E-state index contributed by atoms with van der Waals surface area (Å²) >= 11 is 0. The van der Waals surface area contributed by atoms with Crippen LogP contribution in [0.3, 0.4) is 0 Å². The maximum absolute atomic E-state index is 11.5. The zero-order chi connectivity index (χ0) is 15.3. The number of nitrogens with zero attached hydrogens (tertiary/aromatic N) is 2. The van der Waals surface area contributed by atoms with Crippen LogP contribution in [-0.2, 0) is 16.6 Å². The molecule has 1 aliphatic rings. The first-order valence-electron chi connectivity index (χ1n) is 6.95. The van der Waals surface area contributed by atoms with Gasteiger partial charge in [0, 0.05) is 38.3 Å². The second-order valence-electron chi connectivity index (χ2n) is 5.10. The van der Waals surface area contributed by atoms with Crippen LogP contribution < -0.4 is 5.73 Å². The summed E-state index contributed by atoms with van der Waals surface area (Å²) in [6.07, 6.45) is 1.26. The minimum absolute atomic E-state index is 0.349. The van der Waals surface area contributed by atoms with Crippen molar-refractivity contribution in [2.75, 3.05) is 39.0 Å². The number of hydrogen-bond acceptors (Lipinski definition) is 4. The molecule has 2 rings (SSSR count). The van der Waals surface area contributed by atoms with Gasteiger partial charge in [0.2, 0.25) is 10.0 Å². The minimum atomic E-state index is -3.07. The molecule has 114 valence electrons. The van der Waals surface area contributed by atoms with E-state index in [-0.39, 0.29) is 0 Å². The summed E-state index contributed by atoms with van der Waals surface area (Å²) < 4.78 is 24.5. The van der Waals surface area contributed by atoms with E-state index >= 15 is 0 Å². The molecule has 1 heterocycles. The number of piperazine rings is 1. The normalized spacial score (nSPS) is 17.2. The Morgan fingerprint density at radius 2 is 1.86 bits per heavy atom. The van der Waals surface area contributed by atoms with Gasteiger partial charge in [-0.1, -0.05) is 30.0 Å². The fraction of sp³-hybridized carbons (Fsp3) is 0.467. The van der Waals surface area contributed by atoms with Crippen molar-refractivity contribution in [1.82, 2.24) is 9.21 Å². The lowest BCUT2D eigenvalue weighted by Crippen LogP contribution is -2.47. The molecule has 5 nitrogen and oxygen atoms in total. The van der Waals surface area contributed by atoms with Crippen LogP contribution in [0, 0.1) is 11.8 Å². The Hall–Kier alpha value is -1.39. The summed E-state index contributed by atoms with van der Waals surface area (Å²) in [5.41, 5.74) is 7.57. The molecule has 0 amide bonds. The number of nitrogens with two attached hydrogens (primary N) is 1. The van der Waals surface area contributed by atoms with E-state index in [0.29, 0.717) is 19.6 Å². The van der Waals surface area contributed by atoms with Crippen molar-refractivity contribution in [2.24, 2.45) is 5.73 Å². The van der Waals surface area contributed by atoms with Crippen molar-refractivity contribution in [3.05, 3.63) is 35.4 Å². The molecule has 2 N–H and O–H groups in total. The second kappa shape index (κ2) is 7.05. The first kappa shape index (κ1) is 16.0. The van der Waals surface area contributed by atoms with Gasteiger partial charge in [-0.25, -0.2) is 8.42 Å². The molecule has 0 aromatic heterocycles. The average Bonchev–Trinajstić information content (AvgIpc) is 2.46. The summed E-state index contributed by atoms with van der Waals surface area (Å²) in [5, 5.41) is 0. The highest BCUT2D eigenvalue weighted by Crippen LogP contribution is 2.13. The topological polar surface area (TPSA) is 66.6 Å². The highest BCUT2D eigenvalue weighted by Gasteiger charge is 2.23. The number of sulfonamides is 1. The van der Waals surface area contributed by atoms with Crippen LogP contribution in [0.5, 0.6) is 0 Å². The largest absolute Gasteiger partial charge is 0.320 e. The Labute approximate surface area is 126 Å². The Bertz CT molecular complexity index is 638. The van der Waals surface area contributed by atoms with Crippen molar-refractivity contribution in [3.8, 4) is 11.8 Å². The van der Waals surface area contributed by atoms with E-state index in [1.54, 1.807) is 0 Å². The molecule has 0 spiro atoms. The number of benzene rings is 1. The van der Waals surface area contributed by atoms with Crippen molar-refractivity contribution < 1.29 is 8.42 Å². The van der Waals surface area contributed by atoms with Crippen molar-refractivity contribution in [2.45, 2.75) is 6.54 Å². The third-order valence-electron chi connectivity index (χ3n) is 3.54. The zero-order valence-electron chi connectivity index (χ0n) is 12.2. The summed E-state index contributed by atoms with van der Waals surface area (Å²) in [7, 11) is -3.07. The maximum Gasteiger partial charge on any atom is 0.211 e. The van der Waals surface area contributed by atoms with Crippen LogP contribution in [-0.4, -0.2) is 56.6 Å². The van der Waals surface area contributed by atoms with Gasteiger partial charge in [0.1, 0.15) is 0 Å². The lowest BCUT2D eigenvalue weighted by Gasteiger charge is -2.33. The van der Waals surface area contributed by atoms with Gasteiger partial charge in [-0.05, 0) is 11.6 Å². The van der Waals surface area contributed by atoms with Crippen LogP contribution in [0.1, 0.15) is 11.1 Å². The van der Waals surface area contributed by atoms with Gasteiger partial charge in [-0.2, -0.15) is 4.31 Å². The average molecular weight is 307 g/mol. The smallest absolute Gasteiger partial charge is 0.211 e. The monoisotopic (exact) mass is 307 g/mol. The highest BCUT2D eigenvalue weighted by atomic mass is 32.2. The quantitative estimate of drug-likeness (QED) is 0.803. The van der Waals surface area contributed by atoms with Gasteiger partial charge in [-0.3, -0.25) is 4.90 Å². The summed E-state index contributed by atoms with van der Waals surface area (Å²) in [4.78, 5) is 2.25. The molecule has 1 aromatic rings. The standard InChI is InChI=1S/C15H21N3O2S/c1-21(19,20)18-11-9-17(10-12-18)13-15-6-3-2-5-14(15)7-4-8-16/h2-3,5-6H,8-13,16H2,1H3. The molecule has 0 aliphatic carbocycles. The lowest BCUT2D eigenvalue weighted by molar-refractivity contribution is 0.182. The first-order valence-corrected chi connectivity index (χ1v) is 8.80. The Kier molecular flexibility index (Phi) is 5.37. The van der Waals surface area contributed by atoms with Gasteiger partial charge in [-0.15, -0.1) is 0 Å². The fourth-order valence-electron chi connectivity index (χ4n) is 2.39. The van der Waals surface area contributed by atoms with Gasteiger partial charge >= 0.3 is 0 Å². The molecule has 0 unspecified atom stereocenters. The van der Waals surface area contributed by atoms with E-state index in [9.17, 15) is 8.42 Å². The highest BCUT2D eigenvalue weighted by molar-refractivity contribution is 7.88. The van der Waals surface area contributed by atoms with E-state index in [1.165, 1.54) is 10.6 Å². The number of rotatable bonds is 3. The Balaban J connectivity index is 2.01. The number of hydrogen-bond donors (Lipinski definition) is 1. The third kappa shape index (κ3) is 4.55. The van der Waals surface area contributed by atoms with Gasteiger partial charge in [0.25, 0.3) is 0 Å². The van der Waals surface area contributed by atoms with E-state index < -0.39 is 10.0 Å². The minimum Gasteiger partial charge on any atom is -0.320 e. The predicted molar refractivity (Wildman–Crippen MR) is 84.1 cm³/mol. The Morgan fingerprint density at radius 1 is 1.19 bits per heavy atom. The Morgan fingerprint density at radius 3 is 2.48 bits per heavy atom. The van der Waals surface area contributed by atoms with Gasteiger partial charge in [0.05, 0.1) is 12.8 Å². The van der Waals surface area contributed by atoms with Crippen LogP contribution in [0.25, 0.3) is 0 Å². The van der Waals surface area contributed by atoms with Crippen molar-refractivity contribution in [3.63, 3.8) is 0 Å². The third-order valence-corrected chi connectivity index (χ3v) is 4.84. The first-order chi connectivity index (χ1) is 10.0. The lowest BCUT2D eigenvalue weighted by atomic mass is 10.1. The summed E-state index contributed by atoms with van der Waals surface area (Å²) in [6.45, 7) is 3.72. The van der Waals surface area contributed by atoms with E-state index in [1.807, 2.05) is 18.2 Å². The molecule has 6 heteroatoms. The maximum atomic E-state index is 11.5. The van der Waals surface area contributed by atoms with Gasteiger partial charge in [0.15, 0.2) is 0 Å². The molecule has 1 fully saturated rings. The molecule has 0 radical (unpaired) electrons.